The lowest BCUT2D eigenvalue weighted by atomic mass is 9.73. The molecule has 2 heteroatoms. The Morgan fingerprint density at radius 1 is 1.13 bits per heavy atom. The quantitative estimate of drug-likeness (QED) is 0.849. The van der Waals surface area contributed by atoms with E-state index in [0.29, 0.717) is 5.41 Å². The summed E-state index contributed by atoms with van der Waals surface area (Å²) in [6.45, 7) is 0.805. The number of benzene rings is 1. The standard InChI is InChI=1S/C13H19NS/c14-9-6-13(7-10-15-11-8-13)12-4-2-1-3-5-12/h1-5H,6-11,14H2. The van der Waals surface area contributed by atoms with Gasteiger partial charge >= 0.3 is 0 Å². The van der Waals surface area contributed by atoms with Crippen molar-refractivity contribution in [3.63, 3.8) is 0 Å². The van der Waals surface area contributed by atoms with E-state index in [1.54, 1.807) is 0 Å². The fraction of sp³-hybridized carbons (Fsp3) is 0.538. The molecule has 0 bridgehead atoms. The van der Waals surface area contributed by atoms with Gasteiger partial charge in [0.05, 0.1) is 0 Å². The average molecular weight is 221 g/mol. The SMILES string of the molecule is NCCC1(c2ccccc2)CCSCC1. The zero-order valence-corrected chi connectivity index (χ0v) is 9.93. The molecule has 0 saturated carbocycles. The lowest BCUT2D eigenvalue weighted by Gasteiger charge is -2.37. The van der Waals surface area contributed by atoms with Crippen molar-refractivity contribution in [3.05, 3.63) is 35.9 Å². The topological polar surface area (TPSA) is 26.0 Å². The van der Waals surface area contributed by atoms with Crippen LogP contribution < -0.4 is 5.73 Å². The van der Waals surface area contributed by atoms with Gasteiger partial charge in [0.2, 0.25) is 0 Å². The molecule has 1 saturated heterocycles. The molecule has 1 aromatic carbocycles. The third-order valence-corrected chi connectivity index (χ3v) is 4.44. The van der Waals surface area contributed by atoms with Crippen LogP contribution in [-0.2, 0) is 5.41 Å². The summed E-state index contributed by atoms with van der Waals surface area (Å²) >= 11 is 2.08. The molecule has 1 fully saturated rings. The zero-order valence-electron chi connectivity index (χ0n) is 9.11. The van der Waals surface area contributed by atoms with Crippen LogP contribution in [0.5, 0.6) is 0 Å². The van der Waals surface area contributed by atoms with Crippen LogP contribution in [0, 0.1) is 0 Å². The van der Waals surface area contributed by atoms with Gasteiger partial charge in [-0.2, -0.15) is 11.8 Å². The Balaban J connectivity index is 2.25. The second-order valence-electron chi connectivity index (χ2n) is 4.30. The predicted octanol–water partition coefficient (Wildman–Crippen LogP) is 2.80. The summed E-state index contributed by atoms with van der Waals surface area (Å²) in [4.78, 5) is 0. The highest BCUT2D eigenvalue weighted by molar-refractivity contribution is 7.99. The minimum absolute atomic E-state index is 0.376. The van der Waals surface area contributed by atoms with Crippen molar-refractivity contribution in [2.45, 2.75) is 24.7 Å². The van der Waals surface area contributed by atoms with Gasteiger partial charge in [-0.3, -0.25) is 0 Å². The highest BCUT2D eigenvalue weighted by Gasteiger charge is 2.32. The lowest BCUT2D eigenvalue weighted by Crippen LogP contribution is -2.33. The molecule has 0 radical (unpaired) electrons. The molecule has 0 spiro atoms. The molecule has 2 rings (SSSR count). The maximum Gasteiger partial charge on any atom is -0.00193 e. The van der Waals surface area contributed by atoms with Gasteiger partial charge in [-0.1, -0.05) is 30.3 Å². The zero-order chi connectivity index (χ0) is 10.6. The van der Waals surface area contributed by atoms with Gasteiger partial charge in [0.1, 0.15) is 0 Å². The van der Waals surface area contributed by atoms with E-state index in [1.807, 2.05) is 0 Å². The van der Waals surface area contributed by atoms with Crippen molar-refractivity contribution in [1.29, 1.82) is 0 Å². The molecule has 0 unspecified atom stereocenters. The van der Waals surface area contributed by atoms with E-state index in [2.05, 4.69) is 42.1 Å². The molecule has 0 amide bonds. The second-order valence-corrected chi connectivity index (χ2v) is 5.52. The lowest BCUT2D eigenvalue weighted by molar-refractivity contribution is 0.369. The van der Waals surface area contributed by atoms with Gasteiger partial charge in [-0.15, -0.1) is 0 Å². The molecule has 1 heterocycles. The van der Waals surface area contributed by atoms with Gasteiger partial charge in [0.25, 0.3) is 0 Å². The molecule has 1 aliphatic rings. The first-order valence-electron chi connectivity index (χ1n) is 5.71. The average Bonchev–Trinajstić information content (AvgIpc) is 2.32. The molecular weight excluding hydrogens is 202 g/mol. The van der Waals surface area contributed by atoms with Crippen molar-refractivity contribution in [1.82, 2.24) is 0 Å². The Labute approximate surface area is 96.4 Å². The van der Waals surface area contributed by atoms with E-state index in [9.17, 15) is 0 Å². The Morgan fingerprint density at radius 2 is 1.80 bits per heavy atom. The van der Waals surface area contributed by atoms with Gasteiger partial charge in [0, 0.05) is 0 Å². The molecule has 1 nitrogen and oxygen atoms in total. The van der Waals surface area contributed by atoms with E-state index in [1.165, 1.54) is 29.9 Å². The maximum absolute atomic E-state index is 5.78. The highest BCUT2D eigenvalue weighted by atomic mass is 32.2. The monoisotopic (exact) mass is 221 g/mol. The Morgan fingerprint density at radius 3 is 2.40 bits per heavy atom. The van der Waals surface area contributed by atoms with Crippen molar-refractivity contribution in [2.24, 2.45) is 5.73 Å². The molecular formula is C13H19NS. The summed E-state index contributed by atoms with van der Waals surface area (Å²) in [6, 6.07) is 10.9. The smallest absolute Gasteiger partial charge is 0.00193 e. The molecule has 82 valence electrons. The van der Waals surface area contributed by atoms with Gasteiger partial charge in [-0.25, -0.2) is 0 Å². The van der Waals surface area contributed by atoms with Crippen molar-refractivity contribution >= 4 is 11.8 Å². The van der Waals surface area contributed by atoms with Crippen LogP contribution in [0.25, 0.3) is 0 Å². The summed E-state index contributed by atoms with van der Waals surface area (Å²) in [5.74, 6) is 2.57. The number of hydrogen-bond acceptors (Lipinski definition) is 2. The fourth-order valence-corrected chi connectivity index (χ4v) is 3.79. The predicted molar refractivity (Wildman–Crippen MR) is 68.4 cm³/mol. The summed E-state index contributed by atoms with van der Waals surface area (Å²) in [7, 11) is 0. The highest BCUT2D eigenvalue weighted by Crippen LogP contribution is 2.40. The van der Waals surface area contributed by atoms with E-state index in [4.69, 9.17) is 5.73 Å². The first-order valence-corrected chi connectivity index (χ1v) is 6.86. The summed E-state index contributed by atoms with van der Waals surface area (Å²) in [5, 5.41) is 0. The van der Waals surface area contributed by atoms with Crippen LogP contribution in [0.2, 0.25) is 0 Å². The van der Waals surface area contributed by atoms with Crippen LogP contribution in [0.4, 0.5) is 0 Å². The van der Waals surface area contributed by atoms with Crippen LogP contribution >= 0.6 is 11.8 Å². The minimum Gasteiger partial charge on any atom is -0.330 e. The van der Waals surface area contributed by atoms with Gasteiger partial charge < -0.3 is 5.73 Å². The molecule has 0 aliphatic carbocycles. The fourth-order valence-electron chi connectivity index (χ4n) is 2.51. The van der Waals surface area contributed by atoms with Crippen LogP contribution in [-0.4, -0.2) is 18.1 Å². The summed E-state index contributed by atoms with van der Waals surface area (Å²) in [5.41, 5.74) is 7.65. The van der Waals surface area contributed by atoms with Crippen molar-refractivity contribution in [3.8, 4) is 0 Å². The van der Waals surface area contributed by atoms with E-state index in [0.717, 1.165) is 13.0 Å². The summed E-state index contributed by atoms with van der Waals surface area (Å²) in [6.07, 6.45) is 3.72. The van der Waals surface area contributed by atoms with Crippen molar-refractivity contribution in [2.75, 3.05) is 18.1 Å². The Hall–Kier alpha value is -0.470. The number of nitrogens with two attached hydrogens (primary N) is 1. The first kappa shape index (κ1) is 11.0. The van der Waals surface area contributed by atoms with Crippen molar-refractivity contribution < 1.29 is 0 Å². The maximum atomic E-state index is 5.78. The van der Waals surface area contributed by atoms with E-state index < -0.39 is 0 Å². The third-order valence-electron chi connectivity index (χ3n) is 3.46. The molecule has 0 atom stereocenters. The Bertz CT molecular complexity index is 285. The van der Waals surface area contributed by atoms with Gasteiger partial charge in [0.15, 0.2) is 0 Å². The number of rotatable bonds is 3. The van der Waals surface area contributed by atoms with E-state index in [-0.39, 0.29) is 0 Å². The molecule has 1 aromatic rings. The van der Waals surface area contributed by atoms with Crippen LogP contribution in [0.15, 0.2) is 30.3 Å². The largest absolute Gasteiger partial charge is 0.330 e. The van der Waals surface area contributed by atoms with Crippen LogP contribution in [0.1, 0.15) is 24.8 Å². The molecule has 1 aliphatic heterocycles. The molecule has 0 aromatic heterocycles. The third kappa shape index (κ3) is 2.37. The Kier molecular flexibility index (Phi) is 3.71. The minimum atomic E-state index is 0.376. The van der Waals surface area contributed by atoms with Gasteiger partial charge in [-0.05, 0) is 48.3 Å². The van der Waals surface area contributed by atoms with Crippen LogP contribution in [0.3, 0.4) is 0 Å². The second kappa shape index (κ2) is 5.04. The first-order chi connectivity index (χ1) is 7.37. The normalized spacial score (nSPS) is 20.1. The summed E-state index contributed by atoms with van der Waals surface area (Å²) < 4.78 is 0. The molecule has 2 N–H and O–H groups in total. The number of thioether (sulfide) groups is 1. The number of hydrogen-bond donors (Lipinski definition) is 1. The van der Waals surface area contributed by atoms with E-state index >= 15 is 0 Å². The molecule has 15 heavy (non-hydrogen) atoms.